The predicted octanol–water partition coefficient (Wildman–Crippen LogP) is 5.64. The van der Waals surface area contributed by atoms with Crippen molar-refractivity contribution in [3.05, 3.63) is 29.7 Å². The van der Waals surface area contributed by atoms with E-state index in [9.17, 15) is 18.1 Å². The fraction of sp³-hybridized carbons (Fsp3) is 0.750. The van der Waals surface area contributed by atoms with Gasteiger partial charge in [-0.2, -0.15) is 5.10 Å². The van der Waals surface area contributed by atoms with E-state index in [0.717, 1.165) is 18.4 Å². The van der Waals surface area contributed by atoms with E-state index in [1.807, 2.05) is 26.8 Å². The Hall–Kier alpha value is -2.02. The maximum Gasteiger partial charge on any atom is 0.408 e. The Bertz CT molecular complexity index is 1150. The highest BCUT2D eigenvalue weighted by molar-refractivity contribution is 7.90. The minimum absolute atomic E-state index is 0.210. The number of halogens is 2. The Morgan fingerprint density at radius 3 is 2.35 bits per heavy atom. The first kappa shape index (κ1) is 30.9. The molecule has 0 bridgehead atoms. The zero-order valence-electron chi connectivity index (χ0n) is 24.3. The number of nitrogens with one attached hydrogen (secondary N) is 2. The molecule has 40 heavy (non-hydrogen) atoms. The molecule has 0 radical (unpaired) electrons. The molecule has 3 atom stereocenters. The van der Waals surface area contributed by atoms with Crippen LogP contribution in [0.5, 0.6) is 0 Å². The van der Waals surface area contributed by atoms with Crippen molar-refractivity contribution in [1.29, 1.82) is 0 Å². The van der Waals surface area contributed by atoms with Gasteiger partial charge in [0, 0.05) is 37.4 Å². The molecule has 9 nitrogen and oxygen atoms in total. The largest absolute Gasteiger partial charge is 0.598 e. The third-order valence-electron chi connectivity index (χ3n) is 7.47. The van der Waals surface area contributed by atoms with Gasteiger partial charge in [-0.05, 0) is 90.7 Å². The number of imidazole rings is 1. The highest BCUT2D eigenvalue weighted by Gasteiger charge is 2.40. The zero-order chi connectivity index (χ0) is 29.3. The summed E-state index contributed by atoms with van der Waals surface area (Å²) >= 11 is -1.30. The smallest absolute Gasteiger partial charge is 0.408 e. The molecule has 1 amide bonds. The lowest BCUT2D eigenvalue weighted by Crippen LogP contribution is -2.44. The quantitative estimate of drug-likeness (QED) is 0.406. The Morgan fingerprint density at radius 1 is 1.12 bits per heavy atom. The number of alkyl halides is 2. The van der Waals surface area contributed by atoms with Crippen LogP contribution < -0.4 is 10.0 Å². The second-order valence-electron chi connectivity index (χ2n) is 13.0. The average molecular weight is 584 g/mol. The van der Waals surface area contributed by atoms with Crippen molar-refractivity contribution >= 4 is 23.1 Å². The standard InChI is InChI=1S/C28H43F2N5O4S/c1-26(2,3)39-25(36)33-24(18-7-11-28(29,30)12-8-18)21-17-35-22(32-21)15-20(16-31-35)23(19-9-13-38-14-10-19)34-40(37)27(4,5)6/h15-19,23-24,34H,7-14H2,1-6H3,(H,33,36)/t23-,24+,40?/m1/s1. The van der Waals surface area contributed by atoms with Gasteiger partial charge in [-0.25, -0.2) is 23.1 Å². The minimum Gasteiger partial charge on any atom is -0.598 e. The summed E-state index contributed by atoms with van der Waals surface area (Å²) < 4.78 is 56.6. The molecule has 1 unspecified atom stereocenters. The van der Waals surface area contributed by atoms with Crippen molar-refractivity contribution in [3.8, 4) is 0 Å². The number of ether oxygens (including phenoxy) is 2. The van der Waals surface area contributed by atoms with Crippen LogP contribution in [0.15, 0.2) is 18.5 Å². The molecular weight excluding hydrogens is 540 g/mol. The Kier molecular flexibility index (Phi) is 9.33. The summed E-state index contributed by atoms with van der Waals surface area (Å²) in [4.78, 5) is 17.6. The van der Waals surface area contributed by atoms with E-state index in [1.165, 1.54) is 0 Å². The van der Waals surface area contributed by atoms with Gasteiger partial charge in [0.1, 0.15) is 10.3 Å². The Morgan fingerprint density at radius 2 is 1.75 bits per heavy atom. The van der Waals surface area contributed by atoms with Crippen LogP contribution in [0.3, 0.4) is 0 Å². The van der Waals surface area contributed by atoms with Gasteiger partial charge in [0.15, 0.2) is 5.65 Å². The normalized spacial score (nSPS) is 21.6. The monoisotopic (exact) mass is 583 g/mol. The number of alkyl carbamates (subject to hydrolysis) is 1. The Balaban J connectivity index is 1.64. The molecule has 2 aromatic rings. The molecule has 224 valence electrons. The highest BCUT2D eigenvalue weighted by atomic mass is 32.2. The number of rotatable bonds is 7. The Labute approximate surface area is 238 Å². The summed E-state index contributed by atoms with van der Waals surface area (Å²) in [6.07, 6.45) is 4.58. The fourth-order valence-electron chi connectivity index (χ4n) is 5.27. The first-order valence-corrected chi connectivity index (χ1v) is 15.2. The van der Waals surface area contributed by atoms with Gasteiger partial charge in [0.2, 0.25) is 5.92 Å². The molecule has 12 heteroatoms. The number of aromatic nitrogens is 3. The van der Waals surface area contributed by atoms with Gasteiger partial charge >= 0.3 is 6.09 Å². The summed E-state index contributed by atoms with van der Waals surface area (Å²) in [6.45, 7) is 12.4. The molecule has 0 aromatic carbocycles. The molecule has 2 fully saturated rings. The second kappa shape index (κ2) is 12.1. The molecule has 2 aromatic heterocycles. The summed E-state index contributed by atoms with van der Waals surface area (Å²) in [5, 5.41) is 7.50. The summed E-state index contributed by atoms with van der Waals surface area (Å²) in [5.74, 6) is -2.70. The molecule has 2 aliphatic rings. The lowest BCUT2D eigenvalue weighted by molar-refractivity contribution is -0.0500. The fourth-order valence-corrected chi connectivity index (χ4v) is 6.18. The minimum atomic E-state index is -2.69. The SMILES string of the molecule is CC(C)(C)OC(=O)N[C@H](c1cn2ncc([C@H](N[S+]([O-])C(C)(C)C)C3CCOCC3)cc2n1)C1CCC(F)(F)CC1. The van der Waals surface area contributed by atoms with Crippen molar-refractivity contribution in [2.45, 2.75) is 108 Å². The first-order chi connectivity index (χ1) is 18.6. The number of carbonyl (C=O) groups is 1. The van der Waals surface area contributed by atoms with Crippen LogP contribution in [0.2, 0.25) is 0 Å². The van der Waals surface area contributed by atoms with Gasteiger partial charge in [-0.3, -0.25) is 0 Å². The first-order valence-electron chi connectivity index (χ1n) is 14.1. The molecule has 1 aliphatic heterocycles. The molecule has 1 saturated carbocycles. The van der Waals surface area contributed by atoms with Crippen molar-refractivity contribution in [1.82, 2.24) is 24.6 Å². The number of hydrogen-bond donors (Lipinski definition) is 2. The van der Waals surface area contributed by atoms with Crippen molar-refractivity contribution in [3.63, 3.8) is 0 Å². The average Bonchev–Trinajstić information content (AvgIpc) is 3.28. The number of fused-ring (bicyclic) bond motifs is 1. The van der Waals surface area contributed by atoms with Gasteiger partial charge in [-0.15, -0.1) is 4.72 Å². The molecular formula is C28H43F2N5O4S. The van der Waals surface area contributed by atoms with Crippen LogP contribution in [0.4, 0.5) is 13.6 Å². The molecule has 2 N–H and O–H groups in total. The number of hydrogen-bond acceptors (Lipinski definition) is 7. The van der Waals surface area contributed by atoms with E-state index in [-0.39, 0.29) is 43.6 Å². The lowest BCUT2D eigenvalue weighted by Gasteiger charge is -2.34. The van der Waals surface area contributed by atoms with E-state index in [2.05, 4.69) is 15.1 Å². The van der Waals surface area contributed by atoms with E-state index in [1.54, 1.807) is 37.7 Å². The van der Waals surface area contributed by atoms with E-state index in [0.29, 0.717) is 24.6 Å². The summed E-state index contributed by atoms with van der Waals surface area (Å²) in [5.41, 5.74) is 1.26. The molecule has 1 saturated heterocycles. The van der Waals surface area contributed by atoms with Crippen LogP contribution in [0.1, 0.15) is 103 Å². The van der Waals surface area contributed by atoms with Crippen molar-refractivity contribution in [2.75, 3.05) is 13.2 Å². The van der Waals surface area contributed by atoms with Gasteiger partial charge in [0.25, 0.3) is 0 Å². The number of nitrogens with zero attached hydrogens (tertiary/aromatic N) is 3. The van der Waals surface area contributed by atoms with Crippen molar-refractivity contribution < 1.29 is 27.6 Å². The third-order valence-corrected chi connectivity index (χ3v) is 9.05. The third kappa shape index (κ3) is 8.04. The van der Waals surface area contributed by atoms with Crippen molar-refractivity contribution in [2.24, 2.45) is 11.8 Å². The highest BCUT2D eigenvalue weighted by Crippen LogP contribution is 2.41. The molecule has 3 heterocycles. The van der Waals surface area contributed by atoms with Crippen LogP contribution in [-0.4, -0.2) is 54.7 Å². The number of amides is 1. The maximum atomic E-state index is 14.0. The van der Waals surface area contributed by atoms with Gasteiger partial charge < -0.3 is 19.3 Å². The van der Waals surface area contributed by atoms with E-state index in [4.69, 9.17) is 14.5 Å². The van der Waals surface area contributed by atoms with Gasteiger partial charge in [0.05, 0.1) is 30.2 Å². The van der Waals surface area contributed by atoms with Crippen LogP contribution >= 0.6 is 0 Å². The molecule has 4 rings (SSSR count). The van der Waals surface area contributed by atoms with Crippen LogP contribution in [-0.2, 0) is 20.8 Å². The lowest BCUT2D eigenvalue weighted by atomic mass is 9.81. The second-order valence-corrected chi connectivity index (χ2v) is 15.0. The van der Waals surface area contributed by atoms with Crippen LogP contribution in [0.25, 0.3) is 5.65 Å². The topological polar surface area (TPSA) is 113 Å². The van der Waals surface area contributed by atoms with E-state index >= 15 is 0 Å². The summed E-state index contributed by atoms with van der Waals surface area (Å²) in [6, 6.07) is 1.11. The summed E-state index contributed by atoms with van der Waals surface area (Å²) in [7, 11) is 0. The number of carbonyl (C=O) groups excluding carboxylic acids is 1. The molecule has 0 spiro atoms. The molecule has 1 aliphatic carbocycles. The van der Waals surface area contributed by atoms with Crippen LogP contribution in [0, 0.1) is 11.8 Å². The maximum absolute atomic E-state index is 14.0. The predicted molar refractivity (Wildman–Crippen MR) is 149 cm³/mol. The van der Waals surface area contributed by atoms with Gasteiger partial charge in [-0.1, -0.05) is 0 Å². The zero-order valence-corrected chi connectivity index (χ0v) is 25.2. The van der Waals surface area contributed by atoms with E-state index < -0.39 is 39.8 Å².